The van der Waals surface area contributed by atoms with Crippen molar-refractivity contribution in [2.75, 3.05) is 0 Å². The number of carbonyl (C=O) groups excluding carboxylic acids is 2. The molecule has 0 spiro atoms. The Kier molecular flexibility index (Phi) is 5.64. The number of aryl methyl sites for hydroxylation is 1. The van der Waals surface area contributed by atoms with Gasteiger partial charge in [-0.2, -0.15) is 0 Å². The van der Waals surface area contributed by atoms with Crippen LogP contribution in [0.3, 0.4) is 0 Å². The van der Waals surface area contributed by atoms with E-state index in [9.17, 15) is 9.59 Å². The Morgan fingerprint density at radius 2 is 1.72 bits per heavy atom. The first-order valence-corrected chi connectivity index (χ1v) is 12.5. The number of esters is 1. The van der Waals surface area contributed by atoms with Crippen LogP contribution in [0, 0.1) is 0 Å². The molecule has 6 nitrogen and oxygen atoms in total. The second-order valence-electron chi connectivity index (χ2n) is 9.16. The highest BCUT2D eigenvalue weighted by molar-refractivity contribution is 6.01. The molecular formula is C30H26N2O4. The van der Waals surface area contributed by atoms with Crippen LogP contribution in [0.5, 0.6) is 0 Å². The van der Waals surface area contributed by atoms with Crippen LogP contribution in [0.15, 0.2) is 77.2 Å². The molecule has 0 aliphatic heterocycles. The maximum Gasteiger partial charge on any atom is 0.339 e. The molecule has 180 valence electrons. The van der Waals surface area contributed by atoms with Crippen molar-refractivity contribution in [2.45, 2.75) is 45.1 Å². The number of nitrogens with zero attached hydrogens (tertiary/aromatic N) is 2. The minimum atomic E-state index is -0.906. The van der Waals surface area contributed by atoms with Crippen LogP contribution >= 0.6 is 0 Å². The van der Waals surface area contributed by atoms with Gasteiger partial charge in [0.15, 0.2) is 11.7 Å². The molecule has 1 unspecified atom stereocenters. The van der Waals surface area contributed by atoms with E-state index in [2.05, 4.69) is 11.1 Å². The van der Waals surface area contributed by atoms with E-state index < -0.39 is 12.1 Å². The van der Waals surface area contributed by atoms with Crippen molar-refractivity contribution in [3.05, 3.63) is 89.6 Å². The van der Waals surface area contributed by atoms with Crippen molar-refractivity contribution in [1.29, 1.82) is 0 Å². The molecule has 2 aromatic heterocycles. The van der Waals surface area contributed by atoms with E-state index in [0.717, 1.165) is 42.3 Å². The lowest BCUT2D eigenvalue weighted by Crippen LogP contribution is -2.32. The molecular weight excluding hydrogens is 452 g/mol. The molecule has 6 rings (SSSR count). The van der Waals surface area contributed by atoms with Gasteiger partial charge in [0, 0.05) is 11.1 Å². The van der Waals surface area contributed by atoms with E-state index in [1.807, 2.05) is 55.5 Å². The molecule has 1 aliphatic rings. The van der Waals surface area contributed by atoms with Gasteiger partial charge in [-0.3, -0.25) is 9.36 Å². The smallest absolute Gasteiger partial charge is 0.339 e. The van der Waals surface area contributed by atoms with Gasteiger partial charge in [-0.25, -0.2) is 9.78 Å². The summed E-state index contributed by atoms with van der Waals surface area (Å²) in [6.45, 7) is 1.86. The lowest BCUT2D eigenvalue weighted by molar-refractivity contribution is 0.0242. The molecule has 0 bridgehead atoms. The van der Waals surface area contributed by atoms with Crippen LogP contribution in [0.25, 0.3) is 33.5 Å². The van der Waals surface area contributed by atoms with Gasteiger partial charge in [-0.1, -0.05) is 49.4 Å². The Labute approximate surface area is 208 Å². The topological polar surface area (TPSA) is 74.3 Å². The number of fused-ring (bicyclic) bond motifs is 4. The number of ether oxygens (including phenoxy) is 1. The average Bonchev–Trinajstić information content (AvgIpc) is 3.51. The van der Waals surface area contributed by atoms with Crippen LogP contribution in [-0.2, 0) is 17.6 Å². The predicted octanol–water partition coefficient (Wildman–Crippen LogP) is 6.60. The van der Waals surface area contributed by atoms with Crippen LogP contribution in [0.4, 0.5) is 0 Å². The number of hydrogen-bond donors (Lipinski definition) is 0. The van der Waals surface area contributed by atoms with Crippen LogP contribution in [0.2, 0.25) is 0 Å². The molecule has 6 heteroatoms. The molecule has 0 fully saturated rings. The Hall–Kier alpha value is -4.19. The van der Waals surface area contributed by atoms with Gasteiger partial charge in [-0.05, 0) is 68.0 Å². The third-order valence-electron chi connectivity index (χ3n) is 6.97. The van der Waals surface area contributed by atoms with Gasteiger partial charge < -0.3 is 9.15 Å². The lowest BCUT2D eigenvalue weighted by atomic mass is 9.95. The van der Waals surface area contributed by atoms with Crippen molar-refractivity contribution >= 4 is 33.9 Å². The van der Waals surface area contributed by atoms with Crippen molar-refractivity contribution in [3.63, 3.8) is 0 Å². The van der Waals surface area contributed by atoms with Gasteiger partial charge in [-0.15, -0.1) is 0 Å². The zero-order valence-corrected chi connectivity index (χ0v) is 20.1. The summed E-state index contributed by atoms with van der Waals surface area (Å²) >= 11 is 0. The molecule has 0 N–H and O–H groups in total. The number of carbonyl (C=O) groups is 2. The normalized spacial score (nSPS) is 14.0. The summed E-state index contributed by atoms with van der Waals surface area (Å²) in [5.74, 6) is -0.434. The number of benzene rings is 3. The Morgan fingerprint density at radius 3 is 2.58 bits per heavy atom. The number of para-hydroxylation sites is 3. The molecule has 5 aromatic rings. The minimum Gasteiger partial charge on any atom is -0.449 e. The summed E-state index contributed by atoms with van der Waals surface area (Å²) in [6, 6.07) is 22.5. The second kappa shape index (κ2) is 9.11. The van der Waals surface area contributed by atoms with E-state index in [1.54, 1.807) is 22.8 Å². The van der Waals surface area contributed by atoms with E-state index in [4.69, 9.17) is 9.15 Å². The molecule has 0 saturated heterocycles. The highest BCUT2D eigenvalue weighted by atomic mass is 16.5. The first-order valence-electron chi connectivity index (χ1n) is 12.5. The molecule has 0 amide bonds. The van der Waals surface area contributed by atoms with Gasteiger partial charge in [0.05, 0.1) is 16.6 Å². The predicted molar refractivity (Wildman–Crippen MR) is 138 cm³/mol. The average molecular weight is 479 g/mol. The van der Waals surface area contributed by atoms with Gasteiger partial charge >= 0.3 is 5.97 Å². The number of rotatable bonds is 5. The Bertz CT molecular complexity index is 1580. The van der Waals surface area contributed by atoms with Gasteiger partial charge in [0.1, 0.15) is 5.52 Å². The molecule has 0 saturated carbocycles. The van der Waals surface area contributed by atoms with Crippen LogP contribution < -0.4 is 0 Å². The maximum atomic E-state index is 13.8. The fourth-order valence-electron chi connectivity index (χ4n) is 5.23. The molecule has 3 aromatic carbocycles. The maximum absolute atomic E-state index is 13.8. The van der Waals surface area contributed by atoms with Crippen molar-refractivity contribution in [2.24, 2.45) is 0 Å². The highest BCUT2D eigenvalue weighted by Gasteiger charge is 2.30. The van der Waals surface area contributed by atoms with Crippen molar-refractivity contribution in [3.8, 4) is 11.5 Å². The van der Waals surface area contributed by atoms with Crippen LogP contribution in [0.1, 0.15) is 52.6 Å². The summed E-state index contributed by atoms with van der Waals surface area (Å²) in [7, 11) is 0. The molecule has 1 aliphatic carbocycles. The summed E-state index contributed by atoms with van der Waals surface area (Å²) in [5, 5.41) is 1.11. The molecule has 2 heterocycles. The number of oxazole rings is 1. The molecule has 1 atom stereocenters. The first kappa shape index (κ1) is 22.3. The van der Waals surface area contributed by atoms with Crippen molar-refractivity contribution in [1.82, 2.24) is 9.55 Å². The standard InChI is InChI=1S/C30H26N2O4/c1-2-26(29(33)32-24-16-8-5-11-19(24)20-12-6-9-17-25(20)32)36-30(34)22-14-4-3-13-21(22)28-31-23-15-7-10-18-27(23)35-28/h3-5,7-8,10-11,13-16,18,26H,2,6,9,12,17H2,1H3. The quantitative estimate of drug-likeness (QED) is 0.266. The third-order valence-corrected chi connectivity index (χ3v) is 6.97. The summed E-state index contributed by atoms with van der Waals surface area (Å²) < 4.78 is 13.6. The number of aromatic nitrogens is 2. The lowest BCUT2D eigenvalue weighted by Gasteiger charge is -2.20. The Balaban J connectivity index is 1.34. The Morgan fingerprint density at radius 1 is 0.972 bits per heavy atom. The van der Waals surface area contributed by atoms with E-state index >= 15 is 0 Å². The molecule has 0 radical (unpaired) electrons. The number of hydrogen-bond acceptors (Lipinski definition) is 5. The fourth-order valence-corrected chi connectivity index (χ4v) is 5.23. The second-order valence-corrected chi connectivity index (χ2v) is 9.16. The summed E-state index contributed by atoms with van der Waals surface area (Å²) in [6.07, 6.45) is 3.44. The zero-order valence-electron chi connectivity index (χ0n) is 20.1. The first-order chi connectivity index (χ1) is 17.7. The molecule has 36 heavy (non-hydrogen) atoms. The summed E-state index contributed by atoms with van der Waals surface area (Å²) in [5.41, 5.74) is 5.37. The zero-order chi connectivity index (χ0) is 24.6. The highest BCUT2D eigenvalue weighted by Crippen LogP contribution is 2.33. The largest absolute Gasteiger partial charge is 0.449 e. The van der Waals surface area contributed by atoms with E-state index in [-0.39, 0.29) is 5.91 Å². The monoisotopic (exact) mass is 478 g/mol. The summed E-state index contributed by atoms with van der Waals surface area (Å²) in [4.78, 5) is 31.8. The van der Waals surface area contributed by atoms with Crippen LogP contribution in [-0.4, -0.2) is 27.5 Å². The van der Waals surface area contributed by atoms with Crippen molar-refractivity contribution < 1.29 is 18.7 Å². The van der Waals surface area contributed by atoms with Gasteiger partial charge in [0.2, 0.25) is 5.89 Å². The van der Waals surface area contributed by atoms with E-state index in [1.165, 1.54) is 5.56 Å². The van der Waals surface area contributed by atoms with Gasteiger partial charge in [0.25, 0.3) is 5.91 Å². The minimum absolute atomic E-state index is 0.204. The van der Waals surface area contributed by atoms with E-state index in [0.29, 0.717) is 34.5 Å². The SMILES string of the molecule is CCC(OC(=O)c1ccccc1-c1nc2ccccc2o1)C(=O)n1c2c(c3ccccc31)CCCC2. The third kappa shape index (κ3) is 3.70. The fraction of sp³-hybridized carbons (Fsp3) is 0.233.